The second-order valence-electron chi connectivity index (χ2n) is 10.8. The van der Waals surface area contributed by atoms with Gasteiger partial charge in [0.25, 0.3) is 0 Å². The molecule has 1 saturated carbocycles. The van der Waals surface area contributed by atoms with Gasteiger partial charge in [0.15, 0.2) is 17.7 Å². The van der Waals surface area contributed by atoms with E-state index in [1.54, 1.807) is 4.57 Å². The van der Waals surface area contributed by atoms with Crippen molar-refractivity contribution in [3.63, 3.8) is 0 Å². The Labute approximate surface area is 195 Å². The number of nitrogen functional groups attached to an aromatic ring is 1. The first kappa shape index (κ1) is 24.3. The standard InChI is InChI=1S/C23H39N7O3/c1-23(2,3)14-5-7-15(8-6-14)25-9-10-29(4)11-16-18(31)19(32)22(33-16)30-13-28-17-20(24)26-12-27-21(17)30/h12-16,18-19,22,25,31-32H,5-11H2,1-4H3,(H2,24,26,27)/t14?,15?,16-,18-,19-,22-/m1/s1. The van der Waals surface area contributed by atoms with E-state index >= 15 is 0 Å². The number of fused-ring (bicyclic) bond motifs is 1. The molecule has 0 radical (unpaired) electrons. The largest absolute Gasteiger partial charge is 0.387 e. The summed E-state index contributed by atoms with van der Waals surface area (Å²) in [7, 11) is 2.01. The second-order valence-corrected chi connectivity index (χ2v) is 10.8. The van der Waals surface area contributed by atoms with Crippen molar-refractivity contribution in [1.82, 2.24) is 29.7 Å². The lowest BCUT2D eigenvalue weighted by Crippen LogP contribution is -2.43. The van der Waals surface area contributed by atoms with Crippen LogP contribution in [0, 0.1) is 11.3 Å². The summed E-state index contributed by atoms with van der Waals surface area (Å²) in [6.07, 6.45) is 4.51. The number of hydrogen-bond donors (Lipinski definition) is 4. The van der Waals surface area contributed by atoms with E-state index in [1.165, 1.54) is 38.3 Å². The zero-order valence-electron chi connectivity index (χ0n) is 20.2. The van der Waals surface area contributed by atoms with Crippen molar-refractivity contribution in [3.05, 3.63) is 12.7 Å². The minimum absolute atomic E-state index is 0.266. The van der Waals surface area contributed by atoms with E-state index in [4.69, 9.17) is 10.5 Å². The Balaban J connectivity index is 1.26. The molecule has 184 valence electrons. The van der Waals surface area contributed by atoms with E-state index in [0.29, 0.717) is 29.2 Å². The van der Waals surface area contributed by atoms with Crippen LogP contribution >= 0.6 is 0 Å². The molecule has 2 aromatic heterocycles. The van der Waals surface area contributed by atoms with Crippen molar-refractivity contribution in [2.24, 2.45) is 11.3 Å². The second kappa shape index (κ2) is 9.79. The van der Waals surface area contributed by atoms with Gasteiger partial charge in [0.2, 0.25) is 0 Å². The summed E-state index contributed by atoms with van der Waals surface area (Å²) in [4.78, 5) is 14.5. The molecule has 2 fully saturated rings. The summed E-state index contributed by atoms with van der Waals surface area (Å²) in [6.45, 7) is 9.28. The molecule has 1 aliphatic heterocycles. The summed E-state index contributed by atoms with van der Waals surface area (Å²) in [5, 5.41) is 24.9. The SMILES string of the molecule is CN(CCNC1CCC(C(C)(C)C)CC1)C[C@H]1O[C@@H](n2cnc3c(N)ncnc32)[C@H](O)[C@@H]1O. The summed E-state index contributed by atoms with van der Waals surface area (Å²) < 4.78 is 7.66. The fraction of sp³-hybridized carbons (Fsp3) is 0.783. The molecule has 0 spiro atoms. The van der Waals surface area contributed by atoms with Gasteiger partial charge in [-0.1, -0.05) is 20.8 Å². The number of hydrogen-bond acceptors (Lipinski definition) is 9. The fourth-order valence-corrected chi connectivity index (χ4v) is 5.19. The highest BCUT2D eigenvalue weighted by molar-refractivity contribution is 5.81. The molecule has 2 aromatic rings. The van der Waals surface area contributed by atoms with Crippen molar-refractivity contribution in [2.45, 2.75) is 77.0 Å². The van der Waals surface area contributed by atoms with Crippen molar-refractivity contribution < 1.29 is 14.9 Å². The van der Waals surface area contributed by atoms with Gasteiger partial charge in [-0.25, -0.2) is 15.0 Å². The third-order valence-electron chi connectivity index (χ3n) is 7.37. The Hall–Kier alpha value is -1.85. The van der Waals surface area contributed by atoms with Gasteiger partial charge in [0.05, 0.1) is 6.33 Å². The van der Waals surface area contributed by atoms with Crippen LogP contribution in [0.25, 0.3) is 11.2 Å². The van der Waals surface area contributed by atoms with Crippen LogP contribution in [0.5, 0.6) is 0 Å². The zero-order valence-corrected chi connectivity index (χ0v) is 20.2. The van der Waals surface area contributed by atoms with E-state index in [9.17, 15) is 10.2 Å². The van der Waals surface area contributed by atoms with Gasteiger partial charge in [-0.05, 0) is 44.1 Å². The topological polar surface area (TPSA) is 135 Å². The Morgan fingerprint density at radius 3 is 2.58 bits per heavy atom. The highest BCUT2D eigenvalue weighted by Gasteiger charge is 2.44. The first-order valence-electron chi connectivity index (χ1n) is 12.0. The molecule has 5 N–H and O–H groups in total. The van der Waals surface area contributed by atoms with E-state index in [-0.39, 0.29) is 5.82 Å². The first-order valence-corrected chi connectivity index (χ1v) is 12.0. The Kier molecular flexibility index (Phi) is 7.20. The molecule has 4 rings (SSSR count). The first-order chi connectivity index (χ1) is 15.6. The molecule has 1 saturated heterocycles. The maximum atomic E-state index is 10.6. The number of nitrogens with one attached hydrogen (secondary N) is 1. The minimum atomic E-state index is -1.09. The number of nitrogens with two attached hydrogens (primary N) is 1. The van der Waals surface area contributed by atoms with Gasteiger partial charge in [0, 0.05) is 25.7 Å². The monoisotopic (exact) mass is 461 g/mol. The summed E-state index contributed by atoms with van der Waals surface area (Å²) in [5.74, 6) is 1.08. The van der Waals surface area contributed by atoms with Gasteiger partial charge in [-0.15, -0.1) is 0 Å². The van der Waals surface area contributed by atoms with E-state index in [0.717, 1.165) is 19.0 Å². The van der Waals surface area contributed by atoms with E-state index in [2.05, 4.69) is 45.9 Å². The predicted molar refractivity (Wildman–Crippen MR) is 126 cm³/mol. The number of aliphatic hydroxyl groups is 2. The molecule has 33 heavy (non-hydrogen) atoms. The van der Waals surface area contributed by atoms with Crippen LogP contribution in [0.4, 0.5) is 5.82 Å². The normalized spacial score (nSPS) is 31.0. The Morgan fingerprint density at radius 2 is 1.88 bits per heavy atom. The number of nitrogens with zero attached hydrogens (tertiary/aromatic N) is 5. The highest BCUT2D eigenvalue weighted by atomic mass is 16.6. The van der Waals surface area contributed by atoms with Crippen LogP contribution in [0.15, 0.2) is 12.7 Å². The fourth-order valence-electron chi connectivity index (χ4n) is 5.19. The quantitative estimate of drug-likeness (QED) is 0.479. The lowest BCUT2D eigenvalue weighted by atomic mass is 9.71. The molecule has 0 amide bonds. The number of anilines is 1. The van der Waals surface area contributed by atoms with Crippen molar-refractivity contribution in [3.8, 4) is 0 Å². The van der Waals surface area contributed by atoms with Crippen molar-refractivity contribution >= 4 is 17.0 Å². The van der Waals surface area contributed by atoms with Gasteiger partial charge in [0.1, 0.15) is 30.2 Å². The van der Waals surface area contributed by atoms with Crippen LogP contribution in [-0.4, -0.2) is 85.7 Å². The number of aromatic nitrogens is 4. The van der Waals surface area contributed by atoms with Crippen molar-refractivity contribution in [2.75, 3.05) is 32.4 Å². The van der Waals surface area contributed by atoms with Crippen LogP contribution < -0.4 is 11.1 Å². The summed E-state index contributed by atoms with van der Waals surface area (Å²) in [5.41, 5.74) is 7.18. The molecule has 0 aromatic carbocycles. The van der Waals surface area contributed by atoms with Crippen molar-refractivity contribution in [1.29, 1.82) is 0 Å². The summed E-state index contributed by atoms with van der Waals surface area (Å²) >= 11 is 0. The molecular weight excluding hydrogens is 422 g/mol. The lowest BCUT2D eigenvalue weighted by molar-refractivity contribution is -0.0421. The van der Waals surface area contributed by atoms with Crippen LogP contribution in [0.1, 0.15) is 52.7 Å². The number of ether oxygens (including phenoxy) is 1. The van der Waals surface area contributed by atoms with E-state index in [1.807, 2.05) is 7.05 Å². The number of aliphatic hydroxyl groups excluding tert-OH is 2. The molecule has 1 aliphatic carbocycles. The number of imidazole rings is 1. The minimum Gasteiger partial charge on any atom is -0.387 e. The maximum absolute atomic E-state index is 10.6. The van der Waals surface area contributed by atoms with Crippen LogP contribution in [0.2, 0.25) is 0 Å². The smallest absolute Gasteiger partial charge is 0.167 e. The molecule has 10 heteroatoms. The van der Waals surface area contributed by atoms with Gasteiger partial charge in [-0.3, -0.25) is 4.57 Å². The highest BCUT2D eigenvalue weighted by Crippen LogP contribution is 2.37. The maximum Gasteiger partial charge on any atom is 0.167 e. The molecule has 2 aliphatic rings. The third-order valence-corrected chi connectivity index (χ3v) is 7.37. The average molecular weight is 462 g/mol. The lowest BCUT2D eigenvalue weighted by Gasteiger charge is -2.37. The number of likely N-dealkylation sites (N-methyl/N-ethyl adjacent to an activating group) is 1. The Bertz CT molecular complexity index is 922. The molecule has 0 bridgehead atoms. The Morgan fingerprint density at radius 1 is 1.15 bits per heavy atom. The number of rotatable bonds is 7. The van der Waals surface area contributed by atoms with Crippen LogP contribution in [-0.2, 0) is 4.74 Å². The zero-order chi connectivity index (χ0) is 23.8. The molecule has 10 nitrogen and oxygen atoms in total. The third kappa shape index (κ3) is 5.30. The van der Waals surface area contributed by atoms with Gasteiger partial charge in [-0.2, -0.15) is 0 Å². The average Bonchev–Trinajstić information content (AvgIpc) is 3.31. The predicted octanol–water partition coefficient (Wildman–Crippen LogP) is 1.15. The summed E-state index contributed by atoms with van der Waals surface area (Å²) in [6, 6.07) is 0.584. The molecule has 0 unspecified atom stereocenters. The van der Waals surface area contributed by atoms with Gasteiger partial charge >= 0.3 is 0 Å². The van der Waals surface area contributed by atoms with Crippen LogP contribution in [0.3, 0.4) is 0 Å². The molecular formula is C23H39N7O3. The molecule has 3 heterocycles. The van der Waals surface area contributed by atoms with E-state index < -0.39 is 24.5 Å². The molecule has 4 atom stereocenters. The van der Waals surface area contributed by atoms with Gasteiger partial charge < -0.3 is 30.9 Å².